The molecule has 0 amide bonds. The Labute approximate surface area is 115 Å². The lowest BCUT2D eigenvalue weighted by Crippen LogP contribution is -2.43. The van der Waals surface area contributed by atoms with E-state index >= 15 is 0 Å². The molecule has 19 heavy (non-hydrogen) atoms. The third-order valence-corrected chi connectivity index (χ3v) is 5.73. The molecule has 1 heterocycles. The van der Waals surface area contributed by atoms with Crippen LogP contribution in [0.5, 0.6) is 0 Å². The zero-order valence-electron chi connectivity index (χ0n) is 11.5. The summed E-state index contributed by atoms with van der Waals surface area (Å²) in [5.41, 5.74) is 1.19. The van der Waals surface area contributed by atoms with E-state index in [1.165, 1.54) is 0 Å². The van der Waals surface area contributed by atoms with Crippen LogP contribution in [-0.2, 0) is 22.4 Å². The average Bonchev–Trinajstić information content (AvgIpc) is 2.69. The van der Waals surface area contributed by atoms with Crippen LogP contribution >= 0.6 is 0 Å². The largest absolute Gasteiger partial charge is 0.392 e. The smallest absolute Gasteiger partial charge is 0.218 e. The summed E-state index contributed by atoms with van der Waals surface area (Å²) in [6, 6.07) is 7.11. The van der Waals surface area contributed by atoms with Crippen molar-refractivity contribution in [3.8, 4) is 0 Å². The van der Waals surface area contributed by atoms with Crippen molar-refractivity contribution in [3.05, 3.63) is 35.4 Å². The molecule has 106 valence electrons. The lowest BCUT2D eigenvalue weighted by Gasteiger charge is -2.30. The molecule has 0 aliphatic carbocycles. The number of sulfonamides is 1. The minimum absolute atomic E-state index is 0.00424. The van der Waals surface area contributed by atoms with Gasteiger partial charge in [-0.25, -0.2) is 8.42 Å². The van der Waals surface area contributed by atoms with Crippen molar-refractivity contribution < 1.29 is 13.5 Å². The molecule has 0 saturated carbocycles. The first kappa shape index (κ1) is 14.5. The minimum Gasteiger partial charge on any atom is -0.392 e. The normalized spacial score (nSPS) is 19.7. The molecule has 1 aliphatic heterocycles. The minimum atomic E-state index is -3.29. The van der Waals surface area contributed by atoms with E-state index < -0.39 is 10.0 Å². The summed E-state index contributed by atoms with van der Waals surface area (Å²) in [7, 11) is -3.29. The van der Waals surface area contributed by atoms with Crippen molar-refractivity contribution in [2.75, 3.05) is 6.54 Å². The van der Waals surface area contributed by atoms with Crippen LogP contribution in [0.1, 0.15) is 37.8 Å². The fourth-order valence-electron chi connectivity index (χ4n) is 2.70. The van der Waals surface area contributed by atoms with Gasteiger partial charge in [0.15, 0.2) is 0 Å². The third-order valence-electron chi connectivity index (χ3n) is 3.68. The fourth-order valence-corrected chi connectivity index (χ4v) is 4.71. The van der Waals surface area contributed by atoms with Crippen LogP contribution in [0.25, 0.3) is 0 Å². The fraction of sp³-hybridized carbons (Fsp3) is 0.571. The van der Waals surface area contributed by atoms with Gasteiger partial charge in [0.1, 0.15) is 0 Å². The summed E-state index contributed by atoms with van der Waals surface area (Å²) in [4.78, 5) is 0. The maximum Gasteiger partial charge on any atom is 0.218 e. The number of aliphatic hydroxyl groups is 1. The highest BCUT2D eigenvalue weighted by Gasteiger charge is 2.39. The van der Waals surface area contributed by atoms with E-state index in [-0.39, 0.29) is 17.9 Å². The van der Waals surface area contributed by atoms with Gasteiger partial charge in [-0.1, -0.05) is 24.3 Å². The molecule has 1 aliphatic rings. The molecule has 0 atom stereocenters. The quantitative estimate of drug-likeness (QED) is 0.918. The van der Waals surface area contributed by atoms with E-state index in [4.69, 9.17) is 5.11 Å². The molecule has 0 unspecified atom stereocenters. The first-order valence-corrected chi connectivity index (χ1v) is 8.15. The maximum absolute atomic E-state index is 12.5. The van der Waals surface area contributed by atoms with Gasteiger partial charge >= 0.3 is 0 Å². The molecule has 0 radical (unpaired) electrons. The molecule has 0 bridgehead atoms. The van der Waals surface area contributed by atoms with E-state index in [1.54, 1.807) is 28.6 Å². The Kier molecular flexibility index (Phi) is 3.99. The predicted molar refractivity (Wildman–Crippen MR) is 75.0 cm³/mol. The Morgan fingerprint density at radius 1 is 1.32 bits per heavy atom. The molecule has 4 nitrogen and oxygen atoms in total. The van der Waals surface area contributed by atoms with E-state index in [2.05, 4.69) is 0 Å². The van der Waals surface area contributed by atoms with Crippen LogP contribution in [0.4, 0.5) is 0 Å². The number of hydrogen-bond acceptors (Lipinski definition) is 3. The first-order valence-electron chi connectivity index (χ1n) is 6.54. The van der Waals surface area contributed by atoms with E-state index in [0.29, 0.717) is 6.54 Å². The van der Waals surface area contributed by atoms with Gasteiger partial charge in [-0.15, -0.1) is 0 Å². The predicted octanol–water partition coefficient (Wildman–Crippen LogP) is 1.88. The van der Waals surface area contributed by atoms with Crippen molar-refractivity contribution in [2.24, 2.45) is 0 Å². The highest BCUT2D eigenvalue weighted by molar-refractivity contribution is 7.88. The summed E-state index contributed by atoms with van der Waals surface area (Å²) in [5.74, 6) is 0.00424. The Balaban J connectivity index is 2.21. The van der Waals surface area contributed by atoms with Crippen molar-refractivity contribution in [1.29, 1.82) is 0 Å². The summed E-state index contributed by atoms with van der Waals surface area (Å²) in [5, 5.41) is 9.10. The summed E-state index contributed by atoms with van der Waals surface area (Å²) >= 11 is 0. The topological polar surface area (TPSA) is 57.6 Å². The average molecular weight is 283 g/mol. The van der Waals surface area contributed by atoms with Gasteiger partial charge in [0.2, 0.25) is 10.0 Å². The summed E-state index contributed by atoms with van der Waals surface area (Å²) in [6.45, 7) is 4.49. The lowest BCUT2D eigenvalue weighted by molar-refractivity contribution is 0.281. The SMILES string of the molecule is CC1(C)CCCN1S(=O)(=O)Cc1cccc(CO)c1. The zero-order valence-corrected chi connectivity index (χ0v) is 12.3. The number of rotatable bonds is 4. The van der Waals surface area contributed by atoms with E-state index in [0.717, 1.165) is 24.0 Å². The second kappa shape index (κ2) is 5.23. The maximum atomic E-state index is 12.5. The highest BCUT2D eigenvalue weighted by Crippen LogP contribution is 2.32. The Bertz CT molecular complexity index is 552. The van der Waals surface area contributed by atoms with Gasteiger partial charge in [-0.2, -0.15) is 4.31 Å². The van der Waals surface area contributed by atoms with E-state index in [9.17, 15) is 8.42 Å². The molecular formula is C14H21NO3S. The van der Waals surface area contributed by atoms with Gasteiger partial charge in [0, 0.05) is 12.1 Å². The molecule has 1 aromatic rings. The molecule has 1 aromatic carbocycles. The van der Waals surface area contributed by atoms with Gasteiger partial charge in [0.05, 0.1) is 12.4 Å². The molecule has 0 spiro atoms. The second-order valence-corrected chi connectivity index (χ2v) is 7.62. The summed E-state index contributed by atoms with van der Waals surface area (Å²) < 4.78 is 26.6. The van der Waals surface area contributed by atoms with Gasteiger partial charge in [0.25, 0.3) is 0 Å². The summed E-state index contributed by atoms with van der Waals surface area (Å²) in [6.07, 6.45) is 1.83. The number of nitrogens with zero attached hydrogens (tertiary/aromatic N) is 1. The van der Waals surface area contributed by atoms with Crippen LogP contribution in [-0.4, -0.2) is 29.9 Å². The lowest BCUT2D eigenvalue weighted by atomic mass is 10.0. The van der Waals surface area contributed by atoms with Crippen LogP contribution in [0.3, 0.4) is 0 Å². The van der Waals surface area contributed by atoms with Crippen molar-refractivity contribution >= 4 is 10.0 Å². The van der Waals surface area contributed by atoms with Crippen molar-refractivity contribution in [3.63, 3.8) is 0 Å². The molecule has 1 fully saturated rings. The van der Waals surface area contributed by atoms with Gasteiger partial charge in [-0.05, 0) is 37.8 Å². The van der Waals surface area contributed by atoms with Gasteiger partial charge < -0.3 is 5.11 Å². The molecule has 1 saturated heterocycles. The monoisotopic (exact) mass is 283 g/mol. The third kappa shape index (κ3) is 3.16. The highest BCUT2D eigenvalue weighted by atomic mass is 32.2. The second-order valence-electron chi connectivity index (χ2n) is 5.72. The van der Waals surface area contributed by atoms with Crippen LogP contribution in [0.2, 0.25) is 0 Å². The number of aliphatic hydroxyl groups excluding tert-OH is 1. The number of benzene rings is 1. The molecule has 2 rings (SSSR count). The van der Waals surface area contributed by atoms with Crippen molar-refractivity contribution in [1.82, 2.24) is 4.31 Å². The van der Waals surface area contributed by atoms with Crippen LogP contribution in [0.15, 0.2) is 24.3 Å². The Morgan fingerprint density at radius 3 is 2.58 bits per heavy atom. The Morgan fingerprint density at radius 2 is 2.00 bits per heavy atom. The standard InChI is InChI=1S/C14H21NO3S/c1-14(2)7-4-8-15(14)19(17,18)11-13-6-3-5-12(9-13)10-16/h3,5-6,9,16H,4,7-8,10-11H2,1-2H3. The van der Waals surface area contributed by atoms with E-state index in [1.807, 2.05) is 13.8 Å². The zero-order chi connectivity index (χ0) is 14.1. The Hall–Kier alpha value is -0.910. The molecule has 0 aromatic heterocycles. The molecule has 1 N–H and O–H groups in total. The van der Waals surface area contributed by atoms with Gasteiger partial charge in [-0.3, -0.25) is 0 Å². The van der Waals surface area contributed by atoms with Crippen molar-refractivity contribution in [2.45, 2.75) is 44.6 Å². The molecular weight excluding hydrogens is 262 g/mol. The van der Waals surface area contributed by atoms with Crippen LogP contribution < -0.4 is 0 Å². The molecule has 5 heteroatoms. The number of hydrogen-bond donors (Lipinski definition) is 1. The van der Waals surface area contributed by atoms with Crippen LogP contribution in [0, 0.1) is 0 Å². The first-order chi connectivity index (χ1) is 8.85.